The van der Waals surface area contributed by atoms with Gasteiger partial charge in [-0.2, -0.15) is 5.10 Å². The maximum atomic E-state index is 13.4. The number of aromatic amines is 1. The Morgan fingerprint density at radius 2 is 2.14 bits per heavy atom. The molecule has 3 heterocycles. The number of hydrogen-bond acceptors (Lipinski definition) is 6. The van der Waals surface area contributed by atoms with Crippen molar-refractivity contribution >= 4 is 11.9 Å². The predicted molar refractivity (Wildman–Crippen MR) is 110 cm³/mol. The maximum absolute atomic E-state index is 13.4. The number of rotatable bonds is 5. The van der Waals surface area contributed by atoms with Gasteiger partial charge in [-0.3, -0.25) is 9.89 Å². The van der Waals surface area contributed by atoms with E-state index in [4.69, 9.17) is 4.74 Å². The van der Waals surface area contributed by atoms with Gasteiger partial charge >= 0.3 is 0 Å². The molecule has 0 bridgehead atoms. The van der Waals surface area contributed by atoms with Crippen LogP contribution in [0, 0.1) is 5.92 Å². The second kappa shape index (κ2) is 8.49. The number of carbonyl (C=O) groups is 1. The molecule has 1 N–H and O–H groups in total. The van der Waals surface area contributed by atoms with E-state index in [1.54, 1.807) is 19.5 Å². The molecule has 8 nitrogen and oxygen atoms in total. The van der Waals surface area contributed by atoms with E-state index in [0.717, 1.165) is 62.0 Å². The first kappa shape index (κ1) is 19.8. The van der Waals surface area contributed by atoms with Crippen LogP contribution in [0.15, 0.2) is 18.5 Å². The van der Waals surface area contributed by atoms with Crippen LogP contribution < -0.4 is 4.90 Å². The normalized spacial score (nSPS) is 24.7. The number of H-pyrrole nitrogens is 1. The van der Waals surface area contributed by atoms with Crippen LogP contribution in [0.2, 0.25) is 0 Å². The molecule has 0 radical (unpaired) electrons. The van der Waals surface area contributed by atoms with Crippen LogP contribution >= 0.6 is 0 Å². The molecule has 8 heteroatoms. The van der Waals surface area contributed by atoms with Crippen molar-refractivity contribution in [2.24, 2.45) is 5.92 Å². The van der Waals surface area contributed by atoms with Crippen molar-refractivity contribution in [1.82, 2.24) is 25.1 Å². The highest BCUT2D eigenvalue weighted by Gasteiger charge is 2.38. The molecular formula is C21H30N6O2. The lowest BCUT2D eigenvalue weighted by Gasteiger charge is -2.33. The molecule has 2 aromatic heterocycles. The third-order valence-electron chi connectivity index (χ3n) is 6.17. The number of methoxy groups -OCH3 is 1. The number of nitrogens with one attached hydrogen (secondary N) is 1. The van der Waals surface area contributed by atoms with E-state index < -0.39 is 0 Å². The van der Waals surface area contributed by atoms with Crippen LogP contribution in [-0.2, 0) is 9.53 Å². The zero-order valence-electron chi connectivity index (χ0n) is 17.5. The lowest BCUT2D eigenvalue weighted by molar-refractivity contribution is -0.139. The number of carbonyl (C=O) groups excluding carboxylic acids is 1. The minimum absolute atomic E-state index is 0.0145. The van der Waals surface area contributed by atoms with Gasteiger partial charge in [0.15, 0.2) is 0 Å². The number of nitrogens with zero attached hydrogens (tertiary/aromatic N) is 5. The van der Waals surface area contributed by atoms with Crippen LogP contribution in [0.5, 0.6) is 0 Å². The van der Waals surface area contributed by atoms with Crippen molar-refractivity contribution in [3.63, 3.8) is 0 Å². The van der Waals surface area contributed by atoms with Gasteiger partial charge in [-0.1, -0.05) is 6.42 Å². The largest absolute Gasteiger partial charge is 0.381 e. The fraction of sp³-hybridized carbons (Fsp3) is 0.619. The topological polar surface area (TPSA) is 87.2 Å². The Morgan fingerprint density at radius 1 is 1.28 bits per heavy atom. The molecule has 1 amide bonds. The van der Waals surface area contributed by atoms with Crippen molar-refractivity contribution in [3.8, 4) is 11.3 Å². The molecule has 29 heavy (non-hydrogen) atoms. The van der Waals surface area contributed by atoms with E-state index in [1.807, 2.05) is 30.0 Å². The minimum atomic E-state index is 0.0145. The fourth-order valence-electron chi connectivity index (χ4n) is 4.62. The summed E-state index contributed by atoms with van der Waals surface area (Å²) in [4.78, 5) is 26.3. The zero-order chi connectivity index (χ0) is 20.4. The van der Waals surface area contributed by atoms with Crippen molar-refractivity contribution < 1.29 is 9.53 Å². The molecule has 2 aliphatic rings. The van der Waals surface area contributed by atoms with Gasteiger partial charge in [0.2, 0.25) is 11.9 Å². The van der Waals surface area contributed by atoms with Gasteiger partial charge in [0.25, 0.3) is 0 Å². The first-order valence-electron chi connectivity index (χ1n) is 10.5. The molecule has 3 atom stereocenters. The van der Waals surface area contributed by atoms with Crippen LogP contribution in [0.4, 0.5) is 5.95 Å². The Labute approximate surface area is 171 Å². The van der Waals surface area contributed by atoms with E-state index in [-0.39, 0.29) is 24.0 Å². The fourth-order valence-corrected chi connectivity index (χ4v) is 4.62. The Morgan fingerprint density at radius 3 is 2.93 bits per heavy atom. The summed E-state index contributed by atoms with van der Waals surface area (Å²) >= 11 is 0. The quantitative estimate of drug-likeness (QED) is 0.833. The summed E-state index contributed by atoms with van der Waals surface area (Å²) in [6.45, 7) is 0.794. The van der Waals surface area contributed by atoms with Gasteiger partial charge in [-0.25, -0.2) is 9.97 Å². The van der Waals surface area contributed by atoms with Gasteiger partial charge in [-0.05, 0) is 38.2 Å². The number of ether oxygens (including phenoxy) is 1. The summed E-state index contributed by atoms with van der Waals surface area (Å²) in [5, 5.41) is 7.45. The number of likely N-dealkylation sites (tertiary alicyclic amines) is 1. The second-order valence-electron chi connectivity index (χ2n) is 8.24. The van der Waals surface area contributed by atoms with E-state index in [1.165, 1.54) is 0 Å². The van der Waals surface area contributed by atoms with E-state index in [0.29, 0.717) is 5.95 Å². The van der Waals surface area contributed by atoms with Gasteiger partial charge < -0.3 is 14.5 Å². The van der Waals surface area contributed by atoms with Crippen LogP contribution in [0.3, 0.4) is 0 Å². The van der Waals surface area contributed by atoms with E-state index in [9.17, 15) is 4.79 Å². The van der Waals surface area contributed by atoms with E-state index >= 15 is 0 Å². The highest BCUT2D eigenvalue weighted by molar-refractivity contribution is 5.80. The minimum Gasteiger partial charge on any atom is -0.381 e. The van der Waals surface area contributed by atoms with Gasteiger partial charge in [0, 0.05) is 45.4 Å². The van der Waals surface area contributed by atoms with Crippen molar-refractivity contribution in [1.29, 1.82) is 0 Å². The van der Waals surface area contributed by atoms with Gasteiger partial charge in [-0.15, -0.1) is 0 Å². The van der Waals surface area contributed by atoms with E-state index in [2.05, 4.69) is 20.2 Å². The summed E-state index contributed by atoms with van der Waals surface area (Å²) < 4.78 is 5.54. The number of aromatic nitrogens is 4. The lowest BCUT2D eigenvalue weighted by atomic mass is 9.86. The second-order valence-corrected chi connectivity index (χ2v) is 8.24. The molecule has 4 rings (SSSR count). The average Bonchev–Trinajstić information content (AvgIpc) is 3.42. The Bertz CT molecular complexity index is 851. The highest BCUT2D eigenvalue weighted by Crippen LogP contribution is 2.38. The van der Waals surface area contributed by atoms with Crippen molar-refractivity contribution in [3.05, 3.63) is 24.2 Å². The lowest BCUT2D eigenvalue weighted by Crippen LogP contribution is -2.39. The number of hydrogen-bond donors (Lipinski definition) is 1. The Kier molecular flexibility index (Phi) is 5.80. The van der Waals surface area contributed by atoms with Gasteiger partial charge in [0.1, 0.15) is 0 Å². The highest BCUT2D eigenvalue weighted by atomic mass is 16.5. The molecule has 1 saturated heterocycles. The molecule has 1 aliphatic heterocycles. The third kappa shape index (κ3) is 3.99. The maximum Gasteiger partial charge on any atom is 0.226 e. The summed E-state index contributed by atoms with van der Waals surface area (Å²) in [5.74, 6) is 0.966. The number of anilines is 1. The summed E-state index contributed by atoms with van der Waals surface area (Å²) in [5.41, 5.74) is 2.74. The van der Waals surface area contributed by atoms with Crippen LogP contribution in [-0.4, -0.2) is 64.8 Å². The molecule has 0 spiro atoms. The molecule has 2 aromatic rings. The summed E-state index contributed by atoms with van der Waals surface area (Å²) in [6, 6.07) is 1.91. The smallest absolute Gasteiger partial charge is 0.226 e. The van der Waals surface area contributed by atoms with Crippen molar-refractivity contribution in [2.75, 3.05) is 32.6 Å². The van der Waals surface area contributed by atoms with Gasteiger partial charge in [0.05, 0.1) is 29.7 Å². The molecule has 0 unspecified atom stereocenters. The van der Waals surface area contributed by atoms with Crippen LogP contribution in [0.25, 0.3) is 11.3 Å². The van der Waals surface area contributed by atoms with Crippen molar-refractivity contribution in [2.45, 2.75) is 50.7 Å². The third-order valence-corrected chi connectivity index (χ3v) is 6.17. The molecule has 156 valence electrons. The SMILES string of the molecule is CO[C@@H]1CCC[C@H](C(=O)N2CCC[C@@H]2c2[nH]ncc2-c2ccnc(N(C)C)n2)C1. The first-order chi connectivity index (χ1) is 14.1. The molecule has 0 aromatic carbocycles. The average molecular weight is 399 g/mol. The zero-order valence-corrected chi connectivity index (χ0v) is 17.5. The molecule has 1 aliphatic carbocycles. The predicted octanol–water partition coefficient (Wildman–Crippen LogP) is 2.80. The number of amides is 1. The Hall–Kier alpha value is -2.48. The Balaban J connectivity index is 1.58. The monoisotopic (exact) mass is 398 g/mol. The van der Waals surface area contributed by atoms with Crippen LogP contribution in [0.1, 0.15) is 50.3 Å². The molecule has 1 saturated carbocycles. The summed E-state index contributed by atoms with van der Waals surface area (Å²) in [7, 11) is 5.59. The summed E-state index contributed by atoms with van der Waals surface area (Å²) in [6.07, 6.45) is 9.59. The molecule has 2 fully saturated rings. The molecular weight excluding hydrogens is 368 g/mol. The standard InChI is InChI=1S/C21H30N6O2/c1-26(2)21-22-10-9-17(24-21)16-13-23-25-19(16)18-8-5-11-27(18)20(28)14-6-4-7-15(12-14)29-3/h9-10,13-15,18H,4-8,11-12H2,1-3H3,(H,23,25)/t14-,15+,18+/m0/s1. The first-order valence-corrected chi connectivity index (χ1v) is 10.5.